The van der Waals surface area contributed by atoms with Gasteiger partial charge in [-0.15, -0.1) is 0 Å². The van der Waals surface area contributed by atoms with E-state index in [9.17, 15) is 18.0 Å². The van der Waals surface area contributed by atoms with Gasteiger partial charge < -0.3 is 10.9 Å². The number of hydrogen-bond acceptors (Lipinski definition) is 2. The topological polar surface area (TPSA) is 62.8 Å². The summed E-state index contributed by atoms with van der Waals surface area (Å²) in [5, 5.41) is 0. The van der Waals surface area contributed by atoms with Crippen LogP contribution in [0.4, 0.5) is 13.2 Å². The summed E-state index contributed by atoms with van der Waals surface area (Å²) in [4.78, 5) is 9.83. The average molecular weight is 172 g/mol. The van der Waals surface area contributed by atoms with Crippen molar-refractivity contribution < 1.29 is 22.7 Å². The summed E-state index contributed by atoms with van der Waals surface area (Å²) >= 11 is 0. The molecule has 66 valence electrons. The Hall–Kier alpha value is -1.04. The van der Waals surface area contributed by atoms with Crippen LogP contribution in [0.25, 0.3) is 0 Å². The SMILES string of the molecule is C=CCOC(=O)C(F)(F)F.[NH4+]. The van der Waals surface area contributed by atoms with Crippen molar-refractivity contribution in [2.24, 2.45) is 0 Å². The predicted octanol–water partition coefficient (Wildman–Crippen LogP) is 1.65. The Bertz CT molecular complexity index is 143. The quantitative estimate of drug-likeness (QED) is 0.508. The first kappa shape index (κ1) is 12.6. The second-order valence-corrected chi connectivity index (χ2v) is 1.38. The van der Waals surface area contributed by atoms with Gasteiger partial charge >= 0.3 is 12.1 Å². The van der Waals surface area contributed by atoms with Crippen LogP contribution < -0.4 is 6.15 Å². The molecule has 0 aromatic rings. The van der Waals surface area contributed by atoms with Gasteiger partial charge in [-0.3, -0.25) is 0 Å². The van der Waals surface area contributed by atoms with E-state index in [4.69, 9.17) is 0 Å². The van der Waals surface area contributed by atoms with Crippen molar-refractivity contribution in [3.8, 4) is 0 Å². The zero-order chi connectivity index (χ0) is 8.20. The van der Waals surface area contributed by atoms with E-state index in [0.717, 1.165) is 6.08 Å². The maximum absolute atomic E-state index is 11.3. The van der Waals surface area contributed by atoms with Crippen LogP contribution in [0.15, 0.2) is 12.7 Å². The molecule has 11 heavy (non-hydrogen) atoms. The summed E-state index contributed by atoms with van der Waals surface area (Å²) in [6, 6.07) is 0. The molecule has 0 amide bonds. The third-order valence-electron chi connectivity index (χ3n) is 0.564. The summed E-state index contributed by atoms with van der Waals surface area (Å²) < 4.78 is 37.5. The highest BCUT2D eigenvalue weighted by Gasteiger charge is 2.40. The molecule has 0 aromatic carbocycles. The largest absolute Gasteiger partial charge is 0.490 e. The molecule has 0 radical (unpaired) electrons. The number of quaternary nitrogens is 1. The van der Waals surface area contributed by atoms with E-state index in [2.05, 4.69) is 11.3 Å². The van der Waals surface area contributed by atoms with E-state index in [0.29, 0.717) is 0 Å². The number of carbonyl (C=O) groups excluding carboxylic acids is 1. The molecule has 0 spiro atoms. The summed E-state index contributed by atoms with van der Waals surface area (Å²) in [6.45, 7) is 2.65. The lowest BCUT2D eigenvalue weighted by atomic mass is 10.6. The van der Waals surface area contributed by atoms with Crippen LogP contribution in [-0.4, -0.2) is 18.8 Å². The van der Waals surface area contributed by atoms with E-state index in [-0.39, 0.29) is 6.15 Å². The van der Waals surface area contributed by atoms with Crippen LogP contribution in [0, 0.1) is 0 Å². The fraction of sp³-hybridized carbons (Fsp3) is 0.400. The summed E-state index contributed by atoms with van der Waals surface area (Å²) in [6.07, 6.45) is -3.84. The molecular weight excluding hydrogens is 163 g/mol. The summed E-state index contributed by atoms with van der Waals surface area (Å²) in [5.74, 6) is -2.19. The van der Waals surface area contributed by atoms with E-state index in [1.165, 1.54) is 0 Å². The van der Waals surface area contributed by atoms with Crippen molar-refractivity contribution in [3.05, 3.63) is 12.7 Å². The van der Waals surface area contributed by atoms with Gasteiger partial charge in [0.1, 0.15) is 6.61 Å². The molecule has 4 N–H and O–H groups in total. The fourth-order valence-corrected chi connectivity index (χ4v) is 0.216. The third kappa shape index (κ3) is 5.41. The molecule has 0 heterocycles. The minimum absolute atomic E-state index is 0. The van der Waals surface area contributed by atoms with E-state index >= 15 is 0 Å². The van der Waals surface area contributed by atoms with Crippen LogP contribution in [0.5, 0.6) is 0 Å². The molecule has 0 aliphatic heterocycles. The van der Waals surface area contributed by atoms with Gasteiger partial charge in [0.25, 0.3) is 0 Å². The molecule has 0 unspecified atom stereocenters. The van der Waals surface area contributed by atoms with Gasteiger partial charge in [0, 0.05) is 0 Å². The minimum atomic E-state index is -4.90. The monoisotopic (exact) mass is 172 g/mol. The highest BCUT2D eigenvalue weighted by Crippen LogP contribution is 2.15. The van der Waals surface area contributed by atoms with Gasteiger partial charge in [-0.1, -0.05) is 12.7 Å². The number of rotatable bonds is 2. The van der Waals surface area contributed by atoms with Gasteiger partial charge in [-0.2, -0.15) is 13.2 Å². The zero-order valence-corrected chi connectivity index (χ0v) is 5.94. The highest BCUT2D eigenvalue weighted by molar-refractivity contribution is 5.75. The molecule has 0 aliphatic carbocycles. The Balaban J connectivity index is 0. The average Bonchev–Trinajstić information content (AvgIpc) is 1.80. The second kappa shape index (κ2) is 4.73. The normalized spacial score (nSPS) is 9.73. The Morgan fingerprint density at radius 1 is 1.55 bits per heavy atom. The number of ether oxygens (including phenoxy) is 1. The minimum Gasteiger partial charge on any atom is -0.455 e. The van der Waals surface area contributed by atoms with E-state index in [1.54, 1.807) is 0 Å². The predicted molar refractivity (Wildman–Crippen MR) is 33.2 cm³/mol. The van der Waals surface area contributed by atoms with Crippen molar-refractivity contribution in [2.45, 2.75) is 6.18 Å². The van der Waals surface area contributed by atoms with Crippen molar-refractivity contribution in [2.75, 3.05) is 6.61 Å². The maximum Gasteiger partial charge on any atom is 0.490 e. The number of halogens is 3. The summed E-state index contributed by atoms with van der Waals surface area (Å²) in [7, 11) is 0. The van der Waals surface area contributed by atoms with Crippen molar-refractivity contribution in [3.63, 3.8) is 0 Å². The number of esters is 1. The number of hydrogen-bond donors (Lipinski definition) is 1. The fourth-order valence-electron chi connectivity index (χ4n) is 0.216. The molecule has 0 atom stereocenters. The van der Waals surface area contributed by atoms with Gasteiger partial charge in [0.2, 0.25) is 0 Å². The third-order valence-corrected chi connectivity index (χ3v) is 0.564. The lowest BCUT2D eigenvalue weighted by Crippen LogP contribution is -2.25. The van der Waals surface area contributed by atoms with E-state index < -0.39 is 18.8 Å². The van der Waals surface area contributed by atoms with Crippen LogP contribution in [0.2, 0.25) is 0 Å². The maximum atomic E-state index is 11.3. The van der Waals surface area contributed by atoms with Gasteiger partial charge in [0.05, 0.1) is 0 Å². The molecule has 0 aromatic heterocycles. The molecule has 0 saturated carbocycles. The highest BCUT2D eigenvalue weighted by atomic mass is 19.4. The number of carbonyl (C=O) groups is 1. The van der Waals surface area contributed by atoms with Crippen LogP contribution >= 0.6 is 0 Å². The van der Waals surface area contributed by atoms with E-state index in [1.807, 2.05) is 0 Å². The Morgan fingerprint density at radius 2 is 2.00 bits per heavy atom. The first-order valence-electron chi connectivity index (χ1n) is 2.33. The first-order chi connectivity index (χ1) is 4.48. The molecular formula is C5H9F3NO2+. The lowest BCUT2D eigenvalue weighted by molar-refractivity contribution is -0.198. The van der Waals surface area contributed by atoms with Gasteiger partial charge in [0.15, 0.2) is 0 Å². The van der Waals surface area contributed by atoms with Crippen LogP contribution in [-0.2, 0) is 9.53 Å². The van der Waals surface area contributed by atoms with Gasteiger partial charge in [-0.25, -0.2) is 4.79 Å². The molecule has 0 fully saturated rings. The van der Waals surface area contributed by atoms with Crippen molar-refractivity contribution in [1.29, 1.82) is 0 Å². The Morgan fingerprint density at radius 3 is 2.27 bits per heavy atom. The Labute approximate surface area is 61.4 Å². The molecule has 0 bridgehead atoms. The summed E-state index contributed by atoms with van der Waals surface area (Å²) in [5.41, 5.74) is 0. The second-order valence-electron chi connectivity index (χ2n) is 1.38. The molecule has 0 aliphatic rings. The number of alkyl halides is 3. The molecule has 6 heteroatoms. The molecule has 0 rings (SSSR count). The van der Waals surface area contributed by atoms with Crippen LogP contribution in [0.3, 0.4) is 0 Å². The molecule has 3 nitrogen and oxygen atoms in total. The lowest BCUT2D eigenvalue weighted by Gasteiger charge is -2.03. The van der Waals surface area contributed by atoms with Crippen molar-refractivity contribution >= 4 is 5.97 Å². The standard InChI is InChI=1S/C5H5F3O2.H3N/c1-2-3-10-4(9)5(6,7)8;/h2H,1,3H2;1H3/p+1. The van der Waals surface area contributed by atoms with Crippen molar-refractivity contribution in [1.82, 2.24) is 6.15 Å². The zero-order valence-electron chi connectivity index (χ0n) is 5.94. The first-order valence-corrected chi connectivity index (χ1v) is 2.33. The van der Waals surface area contributed by atoms with Gasteiger partial charge in [-0.05, 0) is 0 Å². The Kier molecular flexibility index (Phi) is 5.42. The van der Waals surface area contributed by atoms with Crippen LogP contribution in [0.1, 0.15) is 0 Å². The molecule has 0 saturated heterocycles. The smallest absolute Gasteiger partial charge is 0.455 e.